The van der Waals surface area contributed by atoms with Gasteiger partial charge in [-0.2, -0.15) is 0 Å². The van der Waals surface area contributed by atoms with Crippen molar-refractivity contribution in [3.8, 4) is 0 Å². The van der Waals surface area contributed by atoms with Gasteiger partial charge in [-0.3, -0.25) is 0 Å². The molecule has 1 unspecified atom stereocenters. The van der Waals surface area contributed by atoms with Crippen LogP contribution in [0, 0.1) is 11.8 Å². The normalized spacial score (nSPS) is 40.4. The van der Waals surface area contributed by atoms with Crippen LogP contribution in [0.5, 0.6) is 0 Å². The molecule has 2 fully saturated rings. The maximum atomic E-state index is 5.57. The summed E-state index contributed by atoms with van der Waals surface area (Å²) in [6.07, 6.45) is 11.5. The molecule has 0 aromatic rings. The van der Waals surface area contributed by atoms with Crippen molar-refractivity contribution in [1.82, 2.24) is 0 Å². The summed E-state index contributed by atoms with van der Waals surface area (Å²) < 4.78 is 5.57. The van der Waals surface area contributed by atoms with Crippen LogP contribution in [-0.4, -0.2) is 12.2 Å². The highest BCUT2D eigenvalue weighted by atomic mass is 16.6. The van der Waals surface area contributed by atoms with Gasteiger partial charge in [0.25, 0.3) is 0 Å². The molecule has 0 N–H and O–H groups in total. The van der Waals surface area contributed by atoms with Gasteiger partial charge in [0.2, 0.25) is 0 Å². The van der Waals surface area contributed by atoms with E-state index in [0.717, 1.165) is 18.4 Å². The first kappa shape index (κ1) is 11.4. The van der Waals surface area contributed by atoms with Gasteiger partial charge in [0.15, 0.2) is 0 Å². The molecule has 1 aliphatic carbocycles. The van der Waals surface area contributed by atoms with E-state index < -0.39 is 0 Å². The Balaban J connectivity index is 1.64. The first-order chi connectivity index (χ1) is 7.24. The molecule has 1 saturated heterocycles. The lowest BCUT2D eigenvalue weighted by atomic mass is 9.75. The third-order valence-corrected chi connectivity index (χ3v) is 4.53. The number of rotatable bonds is 5. The maximum Gasteiger partial charge on any atom is 0.0916 e. The molecule has 2 aliphatic rings. The Hall–Kier alpha value is -0.0400. The average molecular weight is 210 g/mol. The predicted molar refractivity (Wildman–Crippen MR) is 63.9 cm³/mol. The molecule has 1 nitrogen and oxygen atoms in total. The van der Waals surface area contributed by atoms with E-state index in [9.17, 15) is 0 Å². The van der Waals surface area contributed by atoms with Crippen LogP contribution in [-0.2, 0) is 4.74 Å². The summed E-state index contributed by atoms with van der Waals surface area (Å²) in [5, 5.41) is 0. The van der Waals surface area contributed by atoms with E-state index in [-0.39, 0.29) is 0 Å². The summed E-state index contributed by atoms with van der Waals surface area (Å²) in [4.78, 5) is 0. The molecule has 0 aromatic carbocycles. The molecule has 15 heavy (non-hydrogen) atoms. The van der Waals surface area contributed by atoms with Gasteiger partial charge in [0, 0.05) is 0 Å². The second-order valence-corrected chi connectivity index (χ2v) is 5.81. The summed E-state index contributed by atoms with van der Waals surface area (Å²) in [6.45, 7) is 5.62. The molecule has 0 amide bonds. The molecule has 0 bridgehead atoms. The van der Waals surface area contributed by atoms with Crippen molar-refractivity contribution in [2.24, 2.45) is 11.8 Å². The molecule has 1 atom stereocenters. The van der Waals surface area contributed by atoms with Gasteiger partial charge in [0.1, 0.15) is 0 Å². The van der Waals surface area contributed by atoms with Crippen LogP contribution in [0.25, 0.3) is 0 Å². The van der Waals surface area contributed by atoms with Crippen molar-refractivity contribution in [3.63, 3.8) is 0 Å². The fourth-order valence-corrected chi connectivity index (χ4v) is 3.09. The monoisotopic (exact) mass is 210 g/mol. The minimum Gasteiger partial charge on any atom is -0.370 e. The molecule has 88 valence electrons. The number of hydrogen-bond acceptors (Lipinski definition) is 1. The summed E-state index contributed by atoms with van der Waals surface area (Å²) in [6, 6.07) is 0. The summed E-state index contributed by atoms with van der Waals surface area (Å²) >= 11 is 0. The van der Waals surface area contributed by atoms with Crippen LogP contribution in [0.15, 0.2) is 0 Å². The number of epoxide rings is 1. The van der Waals surface area contributed by atoms with Crippen LogP contribution in [0.4, 0.5) is 0 Å². The topological polar surface area (TPSA) is 12.5 Å². The van der Waals surface area contributed by atoms with E-state index in [4.69, 9.17) is 4.74 Å². The molecule has 0 spiro atoms. The zero-order valence-electron chi connectivity index (χ0n) is 10.4. The number of hydrogen-bond donors (Lipinski definition) is 0. The van der Waals surface area contributed by atoms with Crippen molar-refractivity contribution >= 4 is 0 Å². The smallest absolute Gasteiger partial charge is 0.0916 e. The Morgan fingerprint density at radius 1 is 1.13 bits per heavy atom. The van der Waals surface area contributed by atoms with Crippen molar-refractivity contribution in [2.75, 3.05) is 6.61 Å². The Kier molecular flexibility index (Phi) is 3.71. The molecule has 2 rings (SSSR count). The predicted octanol–water partition coefficient (Wildman–Crippen LogP) is 4.16. The molecule has 0 aromatic heterocycles. The lowest BCUT2D eigenvalue weighted by Gasteiger charge is -2.30. The van der Waals surface area contributed by atoms with Crippen molar-refractivity contribution in [2.45, 2.75) is 70.8 Å². The van der Waals surface area contributed by atoms with E-state index >= 15 is 0 Å². The fraction of sp³-hybridized carbons (Fsp3) is 1.00. The minimum atomic E-state index is 0.300. The van der Waals surface area contributed by atoms with Crippen LogP contribution in [0.3, 0.4) is 0 Å². The van der Waals surface area contributed by atoms with Gasteiger partial charge in [-0.05, 0) is 31.6 Å². The third kappa shape index (κ3) is 2.96. The van der Waals surface area contributed by atoms with Crippen LogP contribution in [0.1, 0.15) is 65.2 Å². The van der Waals surface area contributed by atoms with Gasteiger partial charge in [-0.15, -0.1) is 0 Å². The van der Waals surface area contributed by atoms with Crippen molar-refractivity contribution < 1.29 is 4.74 Å². The van der Waals surface area contributed by atoms with Crippen LogP contribution in [0.2, 0.25) is 0 Å². The molecular formula is C14H26O. The second-order valence-electron chi connectivity index (χ2n) is 5.81. The lowest BCUT2D eigenvalue weighted by molar-refractivity contribution is 0.159. The maximum absolute atomic E-state index is 5.57. The SMILES string of the molecule is CCCCCC1CCC(C2(C)CO2)CC1. The quantitative estimate of drug-likeness (QED) is 0.490. The molecular weight excluding hydrogens is 184 g/mol. The van der Waals surface area contributed by atoms with Crippen LogP contribution >= 0.6 is 0 Å². The highest BCUT2D eigenvalue weighted by Crippen LogP contribution is 2.44. The zero-order chi connectivity index (χ0) is 10.7. The standard InChI is InChI=1S/C14H26O/c1-3-4-5-6-12-7-9-13(10-8-12)14(2)11-15-14/h12-13H,3-11H2,1-2H3. The highest BCUT2D eigenvalue weighted by Gasteiger charge is 2.47. The minimum absolute atomic E-state index is 0.300. The van der Waals surface area contributed by atoms with E-state index in [1.54, 1.807) is 0 Å². The summed E-state index contributed by atoms with van der Waals surface area (Å²) in [5.74, 6) is 1.91. The van der Waals surface area contributed by atoms with Crippen molar-refractivity contribution in [3.05, 3.63) is 0 Å². The Morgan fingerprint density at radius 2 is 1.80 bits per heavy atom. The van der Waals surface area contributed by atoms with E-state index in [1.807, 2.05) is 0 Å². The second kappa shape index (κ2) is 4.86. The Labute approximate surface area is 94.6 Å². The molecule has 1 heteroatoms. The van der Waals surface area contributed by atoms with Gasteiger partial charge < -0.3 is 4.74 Å². The fourth-order valence-electron chi connectivity index (χ4n) is 3.09. The van der Waals surface area contributed by atoms with E-state index in [0.29, 0.717) is 5.60 Å². The summed E-state index contributed by atoms with van der Waals surface area (Å²) in [5.41, 5.74) is 0.300. The third-order valence-electron chi connectivity index (χ3n) is 4.53. The molecule has 0 radical (unpaired) electrons. The van der Waals surface area contributed by atoms with Crippen LogP contribution < -0.4 is 0 Å². The molecule has 1 heterocycles. The average Bonchev–Trinajstić information content (AvgIpc) is 2.99. The first-order valence-corrected chi connectivity index (χ1v) is 6.88. The Bertz CT molecular complexity index is 188. The van der Waals surface area contributed by atoms with Gasteiger partial charge in [-0.1, -0.05) is 45.4 Å². The van der Waals surface area contributed by atoms with Gasteiger partial charge >= 0.3 is 0 Å². The van der Waals surface area contributed by atoms with Gasteiger partial charge in [0.05, 0.1) is 12.2 Å². The largest absolute Gasteiger partial charge is 0.370 e. The highest BCUT2D eigenvalue weighted by molar-refractivity contribution is 4.95. The Morgan fingerprint density at radius 3 is 2.33 bits per heavy atom. The first-order valence-electron chi connectivity index (χ1n) is 6.88. The lowest BCUT2D eigenvalue weighted by Crippen LogP contribution is -2.26. The van der Waals surface area contributed by atoms with E-state index in [1.165, 1.54) is 51.4 Å². The molecule has 1 aliphatic heterocycles. The van der Waals surface area contributed by atoms with Gasteiger partial charge in [-0.25, -0.2) is 0 Å². The molecule has 1 saturated carbocycles. The zero-order valence-corrected chi connectivity index (χ0v) is 10.4. The summed E-state index contributed by atoms with van der Waals surface area (Å²) in [7, 11) is 0. The number of unbranched alkanes of at least 4 members (excludes halogenated alkanes) is 2. The van der Waals surface area contributed by atoms with Crippen molar-refractivity contribution in [1.29, 1.82) is 0 Å². The van der Waals surface area contributed by atoms with E-state index in [2.05, 4.69) is 13.8 Å². The number of ether oxygens (including phenoxy) is 1.